The van der Waals surface area contributed by atoms with Crippen LogP contribution in [0.1, 0.15) is 47.0 Å². The minimum atomic E-state index is 0.156. The molecule has 1 rings (SSSR count). The van der Waals surface area contributed by atoms with E-state index >= 15 is 0 Å². The molecule has 12 heavy (non-hydrogen) atoms. The van der Waals surface area contributed by atoms with E-state index in [1.807, 2.05) is 27.7 Å². The van der Waals surface area contributed by atoms with Gasteiger partial charge in [-0.3, -0.25) is 0 Å². The van der Waals surface area contributed by atoms with Crippen molar-refractivity contribution in [2.45, 2.75) is 53.0 Å². The van der Waals surface area contributed by atoms with Crippen molar-refractivity contribution in [3.63, 3.8) is 0 Å². The Morgan fingerprint density at radius 1 is 1.17 bits per heavy atom. The number of piperidine rings is 1. The summed E-state index contributed by atoms with van der Waals surface area (Å²) >= 11 is 0. The van der Waals surface area contributed by atoms with E-state index in [1.165, 1.54) is 12.8 Å². The van der Waals surface area contributed by atoms with Crippen LogP contribution in [0.3, 0.4) is 0 Å². The lowest BCUT2D eigenvalue weighted by atomic mass is 10.1. The number of aldehydes is 1. The minimum Gasteiger partial charge on any atom is -0.308 e. The quantitative estimate of drug-likeness (QED) is 0.617. The van der Waals surface area contributed by atoms with E-state index in [4.69, 9.17) is 0 Å². The van der Waals surface area contributed by atoms with Gasteiger partial charge in [0, 0.05) is 0 Å². The molecule has 2 nitrogen and oxygen atoms in total. The van der Waals surface area contributed by atoms with E-state index in [-0.39, 0.29) is 6.04 Å². The van der Waals surface area contributed by atoms with Crippen molar-refractivity contribution < 1.29 is 4.79 Å². The summed E-state index contributed by atoms with van der Waals surface area (Å²) in [6, 6.07) is 0.156. The third-order valence-electron chi connectivity index (χ3n) is 1.51. The van der Waals surface area contributed by atoms with Gasteiger partial charge >= 0.3 is 0 Å². The van der Waals surface area contributed by atoms with E-state index in [2.05, 4.69) is 5.32 Å². The van der Waals surface area contributed by atoms with E-state index in [1.54, 1.807) is 0 Å². The van der Waals surface area contributed by atoms with Crippen molar-refractivity contribution in [2.75, 3.05) is 6.54 Å². The summed E-state index contributed by atoms with van der Waals surface area (Å²) in [5.74, 6) is 0. The lowest BCUT2D eigenvalue weighted by Gasteiger charge is -2.17. The molecule has 1 aliphatic heterocycles. The number of hydrogen-bond acceptors (Lipinski definition) is 2. The van der Waals surface area contributed by atoms with Gasteiger partial charge in [0.15, 0.2) is 0 Å². The Morgan fingerprint density at radius 3 is 2.00 bits per heavy atom. The Labute approximate surface area is 76.7 Å². The average Bonchev–Trinajstić information content (AvgIpc) is 2.25. The van der Waals surface area contributed by atoms with Gasteiger partial charge in [-0.05, 0) is 19.4 Å². The molecule has 1 atom stereocenters. The summed E-state index contributed by atoms with van der Waals surface area (Å²) in [6.07, 6.45) is 4.46. The Balaban J connectivity index is 0. The van der Waals surface area contributed by atoms with Crippen LogP contribution in [0.5, 0.6) is 0 Å². The summed E-state index contributed by atoms with van der Waals surface area (Å²) in [7, 11) is 0. The standard InChI is InChI=1S/C6H11NO.2C2H6/c8-5-6-3-1-2-4-7-6;2*1-2/h5-7H,1-4H2;2*1-2H3/t6-;;/m0../s1. The first-order valence-electron chi connectivity index (χ1n) is 5.12. The highest BCUT2D eigenvalue weighted by Crippen LogP contribution is 2.03. The number of carbonyl (C=O) groups excluding carboxylic acids is 1. The van der Waals surface area contributed by atoms with Gasteiger partial charge in [-0.25, -0.2) is 0 Å². The zero-order valence-electron chi connectivity index (χ0n) is 8.89. The fourth-order valence-corrected chi connectivity index (χ4v) is 0.995. The van der Waals surface area contributed by atoms with Crippen LogP contribution in [0, 0.1) is 0 Å². The molecule has 1 saturated heterocycles. The van der Waals surface area contributed by atoms with Gasteiger partial charge in [-0.1, -0.05) is 34.1 Å². The normalized spacial score (nSPS) is 20.8. The maximum Gasteiger partial charge on any atom is 0.136 e. The van der Waals surface area contributed by atoms with Crippen molar-refractivity contribution in [3.8, 4) is 0 Å². The Bertz CT molecular complexity index is 77.9. The maximum absolute atomic E-state index is 10.1. The first kappa shape index (κ1) is 14.2. The van der Waals surface area contributed by atoms with Crippen molar-refractivity contribution in [2.24, 2.45) is 0 Å². The maximum atomic E-state index is 10.1. The molecule has 1 aliphatic rings. The van der Waals surface area contributed by atoms with E-state index < -0.39 is 0 Å². The number of nitrogens with one attached hydrogen (secondary N) is 1. The Kier molecular flexibility index (Phi) is 15.6. The van der Waals surface area contributed by atoms with Crippen molar-refractivity contribution in [1.82, 2.24) is 5.32 Å². The first-order valence-corrected chi connectivity index (χ1v) is 5.12. The molecule has 2 heteroatoms. The minimum absolute atomic E-state index is 0.156. The van der Waals surface area contributed by atoms with Crippen molar-refractivity contribution in [1.29, 1.82) is 0 Å². The Morgan fingerprint density at radius 2 is 1.75 bits per heavy atom. The summed E-state index contributed by atoms with van der Waals surface area (Å²) in [5, 5.41) is 3.10. The van der Waals surface area contributed by atoms with E-state index in [0.29, 0.717) is 0 Å². The van der Waals surface area contributed by atoms with Crippen LogP contribution in [0.2, 0.25) is 0 Å². The van der Waals surface area contributed by atoms with Crippen LogP contribution in [-0.4, -0.2) is 18.9 Å². The fraction of sp³-hybridized carbons (Fsp3) is 0.900. The largest absolute Gasteiger partial charge is 0.308 e. The molecule has 1 heterocycles. The molecule has 0 aromatic heterocycles. The predicted molar refractivity (Wildman–Crippen MR) is 54.4 cm³/mol. The SMILES string of the molecule is CC.CC.O=C[C@@H]1CCCCN1. The number of carbonyl (C=O) groups is 1. The molecule has 0 aromatic carbocycles. The second-order valence-electron chi connectivity index (χ2n) is 2.19. The highest BCUT2D eigenvalue weighted by Gasteiger charge is 2.09. The lowest BCUT2D eigenvalue weighted by Crippen LogP contribution is -2.34. The second kappa shape index (κ2) is 13.2. The molecule has 1 N–H and O–H groups in total. The van der Waals surface area contributed by atoms with Gasteiger partial charge in [0.05, 0.1) is 6.04 Å². The fourth-order valence-electron chi connectivity index (χ4n) is 0.995. The van der Waals surface area contributed by atoms with E-state index in [9.17, 15) is 4.79 Å². The van der Waals surface area contributed by atoms with Gasteiger partial charge < -0.3 is 10.1 Å². The van der Waals surface area contributed by atoms with E-state index in [0.717, 1.165) is 19.3 Å². The second-order valence-corrected chi connectivity index (χ2v) is 2.19. The van der Waals surface area contributed by atoms with Gasteiger partial charge in [0.2, 0.25) is 0 Å². The highest BCUT2D eigenvalue weighted by molar-refractivity contribution is 5.57. The van der Waals surface area contributed by atoms with Crippen molar-refractivity contribution in [3.05, 3.63) is 0 Å². The molecule has 0 unspecified atom stereocenters. The molecule has 0 aliphatic carbocycles. The van der Waals surface area contributed by atoms with Gasteiger partial charge in [0.25, 0.3) is 0 Å². The monoisotopic (exact) mass is 173 g/mol. The van der Waals surface area contributed by atoms with Crippen LogP contribution >= 0.6 is 0 Å². The summed E-state index contributed by atoms with van der Waals surface area (Å²) in [6.45, 7) is 9.02. The summed E-state index contributed by atoms with van der Waals surface area (Å²) < 4.78 is 0. The van der Waals surface area contributed by atoms with Crippen LogP contribution in [-0.2, 0) is 4.79 Å². The molecular weight excluding hydrogens is 150 g/mol. The molecule has 0 radical (unpaired) electrons. The average molecular weight is 173 g/mol. The van der Waals surface area contributed by atoms with Gasteiger partial charge in [0.1, 0.15) is 6.29 Å². The van der Waals surface area contributed by atoms with Crippen LogP contribution in [0.15, 0.2) is 0 Å². The summed E-state index contributed by atoms with van der Waals surface area (Å²) in [5.41, 5.74) is 0. The van der Waals surface area contributed by atoms with Gasteiger partial charge in [-0.15, -0.1) is 0 Å². The zero-order valence-corrected chi connectivity index (χ0v) is 8.89. The zero-order chi connectivity index (χ0) is 9.82. The molecular formula is C10H23NO. The first-order chi connectivity index (χ1) is 5.93. The highest BCUT2D eigenvalue weighted by atomic mass is 16.1. The molecule has 1 fully saturated rings. The molecule has 0 spiro atoms. The van der Waals surface area contributed by atoms with Crippen LogP contribution in [0.4, 0.5) is 0 Å². The number of hydrogen-bond donors (Lipinski definition) is 1. The molecule has 0 aromatic rings. The lowest BCUT2D eigenvalue weighted by molar-refractivity contribution is -0.110. The third kappa shape index (κ3) is 7.73. The Hall–Kier alpha value is -0.370. The summed E-state index contributed by atoms with van der Waals surface area (Å²) in [4.78, 5) is 10.1. The van der Waals surface area contributed by atoms with Crippen LogP contribution < -0.4 is 5.32 Å². The van der Waals surface area contributed by atoms with Gasteiger partial charge in [-0.2, -0.15) is 0 Å². The van der Waals surface area contributed by atoms with Crippen LogP contribution in [0.25, 0.3) is 0 Å². The van der Waals surface area contributed by atoms with Crippen molar-refractivity contribution >= 4 is 6.29 Å². The predicted octanol–water partition coefficient (Wildman–Crippen LogP) is 2.38. The smallest absolute Gasteiger partial charge is 0.136 e. The number of rotatable bonds is 1. The molecule has 0 saturated carbocycles. The molecule has 74 valence electrons. The molecule has 0 bridgehead atoms. The molecule has 0 amide bonds. The topological polar surface area (TPSA) is 29.1 Å². The third-order valence-corrected chi connectivity index (χ3v) is 1.51.